The topological polar surface area (TPSA) is 58.7 Å². The molecule has 5 heteroatoms. The van der Waals surface area contributed by atoms with Crippen molar-refractivity contribution >= 4 is 23.5 Å². The van der Waals surface area contributed by atoms with Crippen LogP contribution in [0.1, 0.15) is 11.3 Å². The maximum absolute atomic E-state index is 12.4. The van der Waals surface area contributed by atoms with Crippen LogP contribution in [-0.4, -0.2) is 22.3 Å². The molecule has 4 nitrogen and oxygen atoms in total. The molecule has 0 atom stereocenters. The van der Waals surface area contributed by atoms with Crippen LogP contribution in [0.15, 0.2) is 82.6 Å². The molecule has 2 aromatic carbocycles. The number of aromatic nitrogens is 2. The molecule has 1 heterocycles. The molecule has 0 amide bonds. The van der Waals surface area contributed by atoms with Crippen molar-refractivity contribution in [3.8, 4) is 5.69 Å². The van der Waals surface area contributed by atoms with Gasteiger partial charge in [0, 0.05) is 23.4 Å². The third-order valence-corrected chi connectivity index (χ3v) is 4.68. The zero-order valence-electron chi connectivity index (χ0n) is 14.4. The lowest BCUT2D eigenvalue weighted by Gasteiger charge is -2.11. The van der Waals surface area contributed by atoms with Gasteiger partial charge in [0.15, 0.2) is 0 Å². The summed E-state index contributed by atoms with van der Waals surface area (Å²) in [7, 11) is 0. The van der Waals surface area contributed by atoms with Crippen molar-refractivity contribution in [2.45, 2.75) is 11.3 Å². The van der Waals surface area contributed by atoms with Gasteiger partial charge in [-0.3, -0.25) is 4.79 Å². The van der Waals surface area contributed by atoms with Crippen molar-refractivity contribution in [3.05, 3.63) is 94.4 Å². The van der Waals surface area contributed by atoms with Gasteiger partial charge in [-0.1, -0.05) is 36.4 Å². The van der Waals surface area contributed by atoms with Gasteiger partial charge in [-0.25, -0.2) is 4.68 Å². The largest absolute Gasteiger partial charge is 0.309 e. The van der Waals surface area contributed by atoms with Crippen LogP contribution in [0.2, 0.25) is 0 Å². The summed E-state index contributed by atoms with van der Waals surface area (Å²) < 4.78 is 1.71. The van der Waals surface area contributed by atoms with Crippen LogP contribution in [0.25, 0.3) is 11.3 Å². The minimum absolute atomic E-state index is 0.147. The average molecular weight is 361 g/mol. The molecule has 26 heavy (non-hydrogen) atoms. The maximum Gasteiger partial charge on any atom is 0.207 e. The minimum Gasteiger partial charge on any atom is -0.309 e. The van der Waals surface area contributed by atoms with E-state index in [0.717, 1.165) is 21.7 Å². The van der Waals surface area contributed by atoms with Gasteiger partial charge < -0.3 is 5.41 Å². The average Bonchev–Trinajstić information content (AvgIpc) is 2.69. The van der Waals surface area contributed by atoms with Gasteiger partial charge in [-0.05, 0) is 48.1 Å². The molecule has 0 saturated carbocycles. The van der Waals surface area contributed by atoms with E-state index in [-0.39, 0.29) is 5.43 Å². The Labute approximate surface area is 156 Å². The van der Waals surface area contributed by atoms with Gasteiger partial charge in [0.1, 0.15) is 5.69 Å². The summed E-state index contributed by atoms with van der Waals surface area (Å²) in [6.45, 7) is 0. The normalized spacial score (nSPS) is 11.3. The first-order valence-electron chi connectivity index (χ1n) is 8.19. The van der Waals surface area contributed by atoms with E-state index >= 15 is 0 Å². The van der Waals surface area contributed by atoms with E-state index in [1.165, 1.54) is 12.3 Å². The first-order chi connectivity index (χ1) is 12.7. The summed E-state index contributed by atoms with van der Waals surface area (Å²) in [6, 6.07) is 19.4. The Bertz CT molecular complexity index is 993. The number of allylic oxidation sites excluding steroid dienone is 2. The summed E-state index contributed by atoms with van der Waals surface area (Å²) in [5, 5.41) is 12.0. The Hall–Kier alpha value is -2.92. The first-order valence-corrected chi connectivity index (χ1v) is 9.42. The van der Waals surface area contributed by atoms with Gasteiger partial charge in [0.25, 0.3) is 0 Å². The van der Waals surface area contributed by atoms with Gasteiger partial charge in [0.2, 0.25) is 5.43 Å². The molecular weight excluding hydrogens is 342 g/mol. The highest BCUT2D eigenvalue weighted by Crippen LogP contribution is 2.19. The highest BCUT2D eigenvalue weighted by Gasteiger charge is 2.11. The Kier molecular flexibility index (Phi) is 5.81. The molecule has 3 rings (SSSR count). The molecule has 0 radical (unpaired) electrons. The summed E-state index contributed by atoms with van der Waals surface area (Å²) in [5.74, 6) is 0. The van der Waals surface area contributed by atoms with Gasteiger partial charge in [-0.15, -0.1) is 11.8 Å². The van der Waals surface area contributed by atoms with Crippen molar-refractivity contribution in [1.82, 2.24) is 9.78 Å². The van der Waals surface area contributed by atoms with Crippen molar-refractivity contribution < 1.29 is 0 Å². The van der Waals surface area contributed by atoms with E-state index in [9.17, 15) is 4.79 Å². The lowest BCUT2D eigenvalue weighted by Crippen LogP contribution is -2.16. The second-order valence-corrected chi connectivity index (χ2v) is 6.58. The lowest BCUT2D eigenvalue weighted by atomic mass is 10.0. The van der Waals surface area contributed by atoms with Crippen LogP contribution >= 0.6 is 11.8 Å². The molecule has 0 aliphatic rings. The number of rotatable bonds is 6. The SMILES string of the molecule is CSc1cccc(-n2ccc(=O)c(/C(=C/C=N)Cc3ccccc3)n2)c1. The molecule has 0 bridgehead atoms. The molecule has 0 fully saturated rings. The first kappa shape index (κ1) is 17.9. The Balaban J connectivity index is 2.03. The van der Waals surface area contributed by atoms with Crippen LogP contribution in [-0.2, 0) is 6.42 Å². The van der Waals surface area contributed by atoms with Crippen LogP contribution in [0.5, 0.6) is 0 Å². The summed E-state index contributed by atoms with van der Waals surface area (Å²) in [5.41, 5.74) is 2.92. The van der Waals surface area contributed by atoms with E-state index in [1.807, 2.05) is 60.9 Å². The van der Waals surface area contributed by atoms with E-state index < -0.39 is 0 Å². The number of hydrogen-bond donors (Lipinski definition) is 1. The fourth-order valence-corrected chi connectivity index (χ4v) is 3.12. The van der Waals surface area contributed by atoms with Crippen LogP contribution < -0.4 is 5.43 Å². The summed E-state index contributed by atoms with van der Waals surface area (Å²) in [6.07, 6.45) is 7.09. The van der Waals surface area contributed by atoms with Gasteiger partial charge in [-0.2, -0.15) is 5.10 Å². The number of thioether (sulfide) groups is 1. The standard InChI is InChI=1S/C21H19N3OS/c1-26-19-9-5-8-18(15-19)24-13-11-20(25)21(23-24)17(10-12-22)14-16-6-3-2-4-7-16/h2-13,15,22H,14H2,1H3/b17-10+,22-12?. The Morgan fingerprint density at radius 3 is 2.69 bits per heavy atom. The monoisotopic (exact) mass is 361 g/mol. The number of hydrogen-bond acceptors (Lipinski definition) is 4. The molecular formula is C21H19N3OS. The van der Waals surface area contributed by atoms with Gasteiger partial charge >= 0.3 is 0 Å². The van der Waals surface area contributed by atoms with E-state index in [4.69, 9.17) is 5.41 Å². The second-order valence-electron chi connectivity index (χ2n) is 5.70. The molecule has 0 aliphatic heterocycles. The second kappa shape index (κ2) is 8.45. The fraction of sp³-hybridized carbons (Fsp3) is 0.0952. The van der Waals surface area contributed by atoms with Crippen LogP contribution in [0, 0.1) is 5.41 Å². The fourth-order valence-electron chi connectivity index (χ4n) is 2.66. The van der Waals surface area contributed by atoms with Gasteiger partial charge in [0.05, 0.1) is 5.69 Å². The molecule has 3 aromatic rings. The van der Waals surface area contributed by atoms with Crippen molar-refractivity contribution in [2.24, 2.45) is 0 Å². The van der Waals surface area contributed by atoms with E-state index in [0.29, 0.717) is 12.1 Å². The van der Waals surface area contributed by atoms with Crippen molar-refractivity contribution in [1.29, 1.82) is 5.41 Å². The van der Waals surface area contributed by atoms with E-state index in [1.54, 1.807) is 28.7 Å². The zero-order valence-corrected chi connectivity index (χ0v) is 15.2. The third kappa shape index (κ3) is 4.18. The molecule has 1 aromatic heterocycles. The Morgan fingerprint density at radius 2 is 1.96 bits per heavy atom. The molecule has 0 aliphatic carbocycles. The number of nitrogens with one attached hydrogen (secondary N) is 1. The van der Waals surface area contributed by atoms with Crippen LogP contribution in [0.4, 0.5) is 0 Å². The molecule has 130 valence electrons. The minimum atomic E-state index is -0.147. The van der Waals surface area contributed by atoms with Crippen LogP contribution in [0.3, 0.4) is 0 Å². The summed E-state index contributed by atoms with van der Waals surface area (Å²) in [4.78, 5) is 13.6. The van der Waals surface area contributed by atoms with Crippen molar-refractivity contribution in [2.75, 3.05) is 6.26 Å². The zero-order chi connectivity index (χ0) is 18.4. The molecule has 0 saturated heterocycles. The predicted octanol–water partition coefficient (Wildman–Crippen LogP) is 4.23. The predicted molar refractivity (Wildman–Crippen MR) is 109 cm³/mol. The van der Waals surface area contributed by atoms with E-state index in [2.05, 4.69) is 5.10 Å². The smallest absolute Gasteiger partial charge is 0.207 e. The molecule has 0 unspecified atom stereocenters. The highest BCUT2D eigenvalue weighted by molar-refractivity contribution is 7.98. The third-order valence-electron chi connectivity index (χ3n) is 3.95. The molecule has 0 spiro atoms. The molecule has 1 N–H and O–H groups in total. The quantitative estimate of drug-likeness (QED) is 0.528. The lowest BCUT2D eigenvalue weighted by molar-refractivity contribution is 0.820. The maximum atomic E-state index is 12.4. The number of benzene rings is 2. The Morgan fingerprint density at radius 1 is 1.15 bits per heavy atom. The highest BCUT2D eigenvalue weighted by atomic mass is 32.2. The number of nitrogens with zero attached hydrogens (tertiary/aromatic N) is 2. The van der Waals surface area contributed by atoms with Crippen molar-refractivity contribution in [3.63, 3.8) is 0 Å². The summed E-state index contributed by atoms with van der Waals surface area (Å²) >= 11 is 1.66.